The molecule has 2 atom stereocenters. The van der Waals surface area contributed by atoms with Crippen molar-refractivity contribution in [1.82, 2.24) is 15.3 Å². The van der Waals surface area contributed by atoms with Crippen LogP contribution in [0.1, 0.15) is 36.7 Å². The Hall–Kier alpha value is -1.69. The maximum absolute atomic E-state index is 12.1. The van der Waals surface area contributed by atoms with Gasteiger partial charge in [0.2, 0.25) is 0 Å². The van der Waals surface area contributed by atoms with Crippen molar-refractivity contribution in [2.45, 2.75) is 38.3 Å². The van der Waals surface area contributed by atoms with Gasteiger partial charge in [-0.1, -0.05) is 0 Å². The van der Waals surface area contributed by atoms with Crippen LogP contribution in [0.4, 0.5) is 5.82 Å². The van der Waals surface area contributed by atoms with Gasteiger partial charge < -0.3 is 15.4 Å². The topological polar surface area (TPSA) is 76.1 Å². The fraction of sp³-hybridized carbons (Fsp3) is 0.615. The predicted molar refractivity (Wildman–Crippen MR) is 72.1 cm³/mol. The lowest BCUT2D eigenvalue weighted by molar-refractivity contribution is 0.0719. The predicted octanol–water partition coefficient (Wildman–Crippen LogP) is 1.21. The molecule has 2 rings (SSSR count). The minimum Gasteiger partial charge on any atom is -0.379 e. The molecule has 0 bridgehead atoms. The number of anilines is 1. The quantitative estimate of drug-likeness (QED) is 0.836. The van der Waals surface area contributed by atoms with E-state index in [2.05, 4.69) is 20.6 Å². The lowest BCUT2D eigenvalue weighted by Crippen LogP contribution is -2.41. The second-order valence-electron chi connectivity index (χ2n) is 4.60. The van der Waals surface area contributed by atoms with E-state index in [1.54, 1.807) is 13.3 Å². The van der Waals surface area contributed by atoms with Gasteiger partial charge in [0.1, 0.15) is 11.5 Å². The highest BCUT2D eigenvalue weighted by Gasteiger charge is 2.28. The van der Waals surface area contributed by atoms with Crippen LogP contribution in [-0.2, 0) is 4.74 Å². The lowest BCUT2D eigenvalue weighted by Gasteiger charge is -2.19. The molecule has 0 aromatic carbocycles. The maximum atomic E-state index is 12.1. The van der Waals surface area contributed by atoms with E-state index in [0.29, 0.717) is 11.5 Å². The number of hydrogen-bond donors (Lipinski definition) is 2. The van der Waals surface area contributed by atoms with Crippen LogP contribution in [0.5, 0.6) is 0 Å². The summed E-state index contributed by atoms with van der Waals surface area (Å²) >= 11 is 0. The van der Waals surface area contributed by atoms with Crippen LogP contribution in [0.3, 0.4) is 0 Å². The van der Waals surface area contributed by atoms with Gasteiger partial charge >= 0.3 is 0 Å². The number of amides is 1. The molecule has 2 unspecified atom stereocenters. The number of aromatic nitrogens is 2. The molecule has 2 N–H and O–H groups in total. The number of hydrogen-bond acceptors (Lipinski definition) is 5. The summed E-state index contributed by atoms with van der Waals surface area (Å²) in [6.07, 6.45) is 6.21. The highest BCUT2D eigenvalue weighted by Crippen LogP contribution is 2.21. The molecule has 1 aromatic heterocycles. The first-order valence-electron chi connectivity index (χ1n) is 6.64. The van der Waals surface area contributed by atoms with Crippen LogP contribution < -0.4 is 10.6 Å². The summed E-state index contributed by atoms with van der Waals surface area (Å²) in [5, 5.41) is 6.01. The molecule has 1 saturated carbocycles. The second kappa shape index (κ2) is 6.47. The van der Waals surface area contributed by atoms with Crippen molar-refractivity contribution >= 4 is 11.7 Å². The van der Waals surface area contributed by atoms with E-state index in [4.69, 9.17) is 4.74 Å². The molecule has 0 saturated heterocycles. The van der Waals surface area contributed by atoms with E-state index in [0.717, 1.165) is 25.8 Å². The molecule has 0 aliphatic heterocycles. The average molecular weight is 264 g/mol. The summed E-state index contributed by atoms with van der Waals surface area (Å²) in [7, 11) is 1.68. The summed E-state index contributed by atoms with van der Waals surface area (Å²) in [6, 6.07) is 0.0714. The standard InChI is InChI=1S/C13H20N4O2/c1-3-15-12-8-14-7-10(16-12)13(18)17-9-5-4-6-11(9)19-2/h7-9,11H,3-6H2,1-2H3,(H,15,16)(H,17,18). The number of nitrogens with one attached hydrogen (secondary N) is 2. The Labute approximate surface area is 113 Å². The Morgan fingerprint density at radius 2 is 2.32 bits per heavy atom. The van der Waals surface area contributed by atoms with Crippen LogP contribution in [0.15, 0.2) is 12.4 Å². The zero-order valence-electron chi connectivity index (χ0n) is 11.3. The monoisotopic (exact) mass is 264 g/mol. The molecule has 0 radical (unpaired) electrons. The van der Waals surface area contributed by atoms with Gasteiger partial charge in [0, 0.05) is 13.7 Å². The Kier molecular flexibility index (Phi) is 4.68. The van der Waals surface area contributed by atoms with Gasteiger partial charge in [-0.2, -0.15) is 0 Å². The number of carbonyl (C=O) groups excluding carboxylic acids is 1. The Morgan fingerprint density at radius 3 is 3.05 bits per heavy atom. The molecule has 1 aliphatic carbocycles. The van der Waals surface area contributed by atoms with E-state index in [1.807, 2.05) is 6.92 Å². The number of nitrogens with zero attached hydrogens (tertiary/aromatic N) is 2. The van der Waals surface area contributed by atoms with Crippen molar-refractivity contribution in [3.63, 3.8) is 0 Å². The molecule has 104 valence electrons. The van der Waals surface area contributed by atoms with Crippen molar-refractivity contribution in [1.29, 1.82) is 0 Å². The van der Waals surface area contributed by atoms with Crippen molar-refractivity contribution in [2.75, 3.05) is 19.0 Å². The molecule has 1 heterocycles. The third kappa shape index (κ3) is 3.41. The fourth-order valence-electron chi connectivity index (χ4n) is 2.36. The molecule has 6 nitrogen and oxygen atoms in total. The summed E-state index contributed by atoms with van der Waals surface area (Å²) in [5.74, 6) is 0.422. The van der Waals surface area contributed by atoms with Crippen LogP contribution in [0.25, 0.3) is 0 Å². The van der Waals surface area contributed by atoms with Crippen molar-refractivity contribution in [2.24, 2.45) is 0 Å². The first kappa shape index (κ1) is 13.7. The first-order valence-corrected chi connectivity index (χ1v) is 6.64. The van der Waals surface area contributed by atoms with E-state index < -0.39 is 0 Å². The van der Waals surface area contributed by atoms with Crippen LogP contribution in [0, 0.1) is 0 Å². The van der Waals surface area contributed by atoms with E-state index in [-0.39, 0.29) is 18.1 Å². The summed E-state index contributed by atoms with van der Waals surface area (Å²) in [5.41, 5.74) is 0.334. The van der Waals surface area contributed by atoms with Gasteiger partial charge in [0.05, 0.1) is 24.5 Å². The van der Waals surface area contributed by atoms with Gasteiger partial charge in [0.25, 0.3) is 5.91 Å². The maximum Gasteiger partial charge on any atom is 0.271 e. The minimum atomic E-state index is -0.193. The van der Waals surface area contributed by atoms with Crippen molar-refractivity contribution in [3.8, 4) is 0 Å². The largest absolute Gasteiger partial charge is 0.379 e. The number of rotatable bonds is 5. The van der Waals surface area contributed by atoms with Crippen LogP contribution >= 0.6 is 0 Å². The van der Waals surface area contributed by atoms with Gasteiger partial charge in [-0.3, -0.25) is 9.78 Å². The zero-order valence-corrected chi connectivity index (χ0v) is 11.3. The van der Waals surface area contributed by atoms with Crippen molar-refractivity contribution < 1.29 is 9.53 Å². The molecular weight excluding hydrogens is 244 g/mol. The number of methoxy groups -OCH3 is 1. The average Bonchev–Trinajstić information content (AvgIpc) is 2.86. The van der Waals surface area contributed by atoms with E-state index >= 15 is 0 Å². The highest BCUT2D eigenvalue weighted by molar-refractivity contribution is 5.92. The van der Waals surface area contributed by atoms with Crippen molar-refractivity contribution in [3.05, 3.63) is 18.1 Å². The third-order valence-electron chi connectivity index (χ3n) is 3.30. The molecule has 19 heavy (non-hydrogen) atoms. The van der Waals surface area contributed by atoms with Gasteiger partial charge in [-0.15, -0.1) is 0 Å². The van der Waals surface area contributed by atoms with E-state index in [1.165, 1.54) is 6.20 Å². The molecular formula is C13H20N4O2. The second-order valence-corrected chi connectivity index (χ2v) is 4.60. The minimum absolute atomic E-state index is 0.0714. The van der Waals surface area contributed by atoms with E-state index in [9.17, 15) is 4.79 Å². The Balaban J connectivity index is 2.01. The third-order valence-corrected chi connectivity index (χ3v) is 3.30. The van der Waals surface area contributed by atoms with Gasteiger partial charge in [-0.25, -0.2) is 4.98 Å². The Bertz CT molecular complexity index is 438. The lowest BCUT2D eigenvalue weighted by atomic mass is 10.2. The zero-order chi connectivity index (χ0) is 13.7. The first-order chi connectivity index (χ1) is 9.24. The number of carbonyl (C=O) groups is 1. The summed E-state index contributed by atoms with van der Waals surface area (Å²) in [4.78, 5) is 20.4. The number of ether oxygens (including phenoxy) is 1. The fourth-order valence-corrected chi connectivity index (χ4v) is 2.36. The summed E-state index contributed by atoms with van der Waals surface area (Å²) < 4.78 is 5.36. The normalized spacial score (nSPS) is 22.2. The van der Waals surface area contributed by atoms with Crippen LogP contribution in [0.2, 0.25) is 0 Å². The molecule has 0 spiro atoms. The smallest absolute Gasteiger partial charge is 0.271 e. The molecule has 1 aromatic rings. The SMILES string of the molecule is CCNc1cncc(C(=O)NC2CCCC2OC)n1. The van der Waals surface area contributed by atoms with Crippen LogP contribution in [-0.4, -0.2) is 41.7 Å². The molecule has 1 aliphatic rings. The van der Waals surface area contributed by atoms with Gasteiger partial charge in [-0.05, 0) is 26.2 Å². The molecule has 1 amide bonds. The molecule has 6 heteroatoms. The molecule has 1 fully saturated rings. The summed E-state index contributed by atoms with van der Waals surface area (Å²) in [6.45, 7) is 2.71. The highest BCUT2D eigenvalue weighted by atomic mass is 16.5. The Morgan fingerprint density at radius 1 is 1.47 bits per heavy atom. The van der Waals surface area contributed by atoms with Gasteiger partial charge in [0.15, 0.2) is 0 Å².